The summed E-state index contributed by atoms with van der Waals surface area (Å²) in [5, 5.41) is 14.0. The lowest BCUT2D eigenvalue weighted by Crippen LogP contribution is -2.19. The van der Waals surface area contributed by atoms with E-state index in [9.17, 15) is 10.1 Å². The molecule has 7 nitrogen and oxygen atoms in total. The molecule has 0 fully saturated rings. The van der Waals surface area contributed by atoms with Crippen LogP contribution >= 0.6 is 11.8 Å². The van der Waals surface area contributed by atoms with Crippen LogP contribution in [0.15, 0.2) is 0 Å². The van der Waals surface area contributed by atoms with Gasteiger partial charge in [-0.3, -0.25) is 10.1 Å². The molecule has 1 rings (SSSR count). The van der Waals surface area contributed by atoms with Crippen molar-refractivity contribution >= 4 is 29.2 Å². The molecule has 0 bridgehead atoms. The van der Waals surface area contributed by atoms with Crippen LogP contribution in [-0.4, -0.2) is 32.9 Å². The number of aromatic nitrogens is 2. The lowest BCUT2D eigenvalue weighted by molar-refractivity contribution is -0.385. The number of rotatable bonds is 6. The zero-order valence-electron chi connectivity index (χ0n) is 10.6. The zero-order valence-corrected chi connectivity index (χ0v) is 11.5. The Labute approximate surface area is 110 Å². The van der Waals surface area contributed by atoms with Crippen LogP contribution in [0, 0.1) is 17.0 Å². The highest BCUT2D eigenvalue weighted by Crippen LogP contribution is 2.26. The molecular weight excluding hydrogens is 254 g/mol. The smallest absolute Gasteiger partial charge is 0.332 e. The lowest BCUT2D eigenvalue weighted by atomic mass is 10.2. The molecule has 0 saturated heterocycles. The van der Waals surface area contributed by atoms with Gasteiger partial charge in [0.05, 0.1) is 4.92 Å². The Balaban J connectivity index is 2.96. The van der Waals surface area contributed by atoms with E-state index in [1.54, 1.807) is 18.7 Å². The molecule has 8 heteroatoms. The number of aryl methyl sites for hydroxylation is 1. The second-order valence-electron chi connectivity index (χ2n) is 3.95. The minimum absolute atomic E-state index is 0.0395. The van der Waals surface area contributed by atoms with Gasteiger partial charge < -0.3 is 11.1 Å². The van der Waals surface area contributed by atoms with E-state index >= 15 is 0 Å². The lowest BCUT2D eigenvalue weighted by Gasteiger charge is -2.14. The predicted molar refractivity (Wildman–Crippen MR) is 73.9 cm³/mol. The molecule has 100 valence electrons. The molecule has 0 aliphatic carbocycles. The van der Waals surface area contributed by atoms with Crippen LogP contribution in [0.2, 0.25) is 0 Å². The van der Waals surface area contributed by atoms with Gasteiger partial charge in [0.1, 0.15) is 5.69 Å². The largest absolute Gasteiger partial charge is 0.368 e. The van der Waals surface area contributed by atoms with Gasteiger partial charge in [0.25, 0.3) is 0 Å². The van der Waals surface area contributed by atoms with Crippen molar-refractivity contribution in [2.45, 2.75) is 26.3 Å². The number of hydrogen-bond donors (Lipinski definition) is 2. The topological polar surface area (TPSA) is 107 Å². The van der Waals surface area contributed by atoms with Crippen molar-refractivity contribution in [1.82, 2.24) is 9.97 Å². The van der Waals surface area contributed by atoms with Gasteiger partial charge in [-0.2, -0.15) is 16.7 Å². The number of nitrogen functional groups attached to an aromatic ring is 1. The third-order valence-corrected chi connectivity index (χ3v) is 3.04. The molecule has 1 aromatic heterocycles. The van der Waals surface area contributed by atoms with E-state index in [-0.39, 0.29) is 29.2 Å². The summed E-state index contributed by atoms with van der Waals surface area (Å²) in [4.78, 5) is 18.2. The number of nitrogens with one attached hydrogen (secondary N) is 1. The van der Waals surface area contributed by atoms with Crippen molar-refractivity contribution in [2.24, 2.45) is 0 Å². The molecule has 18 heavy (non-hydrogen) atoms. The highest BCUT2D eigenvalue weighted by molar-refractivity contribution is 7.98. The SMILES string of the molecule is CSCCC(C)Nc1nc(N)nc(C)c1[N+](=O)[O-]. The molecule has 1 aromatic rings. The van der Waals surface area contributed by atoms with Crippen LogP contribution in [0.3, 0.4) is 0 Å². The fraction of sp³-hybridized carbons (Fsp3) is 0.600. The average molecular weight is 271 g/mol. The Morgan fingerprint density at radius 1 is 1.56 bits per heavy atom. The number of anilines is 2. The Bertz CT molecular complexity index is 441. The van der Waals surface area contributed by atoms with Gasteiger partial charge in [0.15, 0.2) is 0 Å². The normalized spacial score (nSPS) is 12.2. The summed E-state index contributed by atoms with van der Waals surface area (Å²) in [5.41, 5.74) is 5.67. The number of hydrogen-bond acceptors (Lipinski definition) is 7. The Hall–Kier alpha value is -1.57. The van der Waals surface area contributed by atoms with Gasteiger partial charge in [0, 0.05) is 6.04 Å². The molecule has 1 heterocycles. The van der Waals surface area contributed by atoms with Crippen LogP contribution in [0.25, 0.3) is 0 Å². The molecule has 0 aromatic carbocycles. The Morgan fingerprint density at radius 3 is 2.78 bits per heavy atom. The molecule has 3 N–H and O–H groups in total. The average Bonchev–Trinajstić information content (AvgIpc) is 2.24. The zero-order chi connectivity index (χ0) is 13.7. The van der Waals surface area contributed by atoms with Crippen LogP contribution in [-0.2, 0) is 0 Å². The fourth-order valence-corrected chi connectivity index (χ4v) is 2.10. The second kappa shape index (κ2) is 6.39. The third-order valence-electron chi connectivity index (χ3n) is 2.40. The van der Waals surface area contributed by atoms with Crippen molar-refractivity contribution in [1.29, 1.82) is 0 Å². The molecule has 0 saturated carbocycles. The summed E-state index contributed by atoms with van der Waals surface area (Å²) in [7, 11) is 0. The first-order chi connectivity index (χ1) is 8.45. The molecule has 0 radical (unpaired) electrons. The quantitative estimate of drug-likeness (QED) is 0.600. The molecule has 1 atom stereocenters. The molecule has 0 amide bonds. The minimum atomic E-state index is -0.488. The highest BCUT2D eigenvalue weighted by atomic mass is 32.2. The first-order valence-corrected chi connectivity index (χ1v) is 6.89. The van der Waals surface area contributed by atoms with Gasteiger partial charge in [0.2, 0.25) is 11.8 Å². The van der Waals surface area contributed by atoms with Crippen LogP contribution in [0.4, 0.5) is 17.5 Å². The summed E-state index contributed by atoms with van der Waals surface area (Å²) in [5.74, 6) is 1.21. The van der Waals surface area contributed by atoms with Crippen molar-refractivity contribution in [2.75, 3.05) is 23.1 Å². The third kappa shape index (κ3) is 3.73. The molecule has 0 aliphatic rings. The summed E-state index contributed by atoms with van der Waals surface area (Å²) in [6.07, 6.45) is 2.91. The van der Waals surface area contributed by atoms with Gasteiger partial charge in [-0.1, -0.05) is 0 Å². The molecule has 0 spiro atoms. The number of thioether (sulfide) groups is 1. The van der Waals surface area contributed by atoms with Crippen molar-refractivity contribution < 1.29 is 4.92 Å². The van der Waals surface area contributed by atoms with Crippen LogP contribution in [0.5, 0.6) is 0 Å². The van der Waals surface area contributed by atoms with E-state index in [2.05, 4.69) is 15.3 Å². The second-order valence-corrected chi connectivity index (χ2v) is 4.93. The predicted octanol–water partition coefficient (Wildman–Crippen LogP) is 1.83. The summed E-state index contributed by atoms with van der Waals surface area (Å²) in [6.45, 7) is 3.50. The van der Waals surface area contributed by atoms with Crippen molar-refractivity contribution in [3.8, 4) is 0 Å². The van der Waals surface area contributed by atoms with Crippen LogP contribution < -0.4 is 11.1 Å². The summed E-state index contributed by atoms with van der Waals surface area (Å²) in [6, 6.07) is 0.0878. The summed E-state index contributed by atoms with van der Waals surface area (Å²) < 4.78 is 0. The molecule has 0 aliphatic heterocycles. The first-order valence-electron chi connectivity index (χ1n) is 5.49. The minimum Gasteiger partial charge on any atom is -0.368 e. The van der Waals surface area contributed by atoms with Gasteiger partial charge in [-0.05, 0) is 32.3 Å². The van der Waals surface area contributed by atoms with Gasteiger partial charge in [-0.25, -0.2) is 4.98 Å². The van der Waals surface area contributed by atoms with E-state index in [0.717, 1.165) is 12.2 Å². The maximum absolute atomic E-state index is 11.0. The Morgan fingerprint density at radius 2 is 2.22 bits per heavy atom. The Kier molecular flexibility index (Phi) is 5.14. The van der Waals surface area contributed by atoms with E-state index < -0.39 is 4.92 Å². The van der Waals surface area contributed by atoms with E-state index in [1.165, 1.54) is 0 Å². The molecule has 1 unspecified atom stereocenters. The van der Waals surface area contributed by atoms with E-state index in [0.29, 0.717) is 0 Å². The number of nitrogens with zero attached hydrogens (tertiary/aromatic N) is 3. The fourth-order valence-electron chi connectivity index (χ4n) is 1.51. The maximum Gasteiger partial charge on any atom is 0.332 e. The monoisotopic (exact) mass is 271 g/mol. The van der Waals surface area contributed by atoms with Crippen molar-refractivity contribution in [3.05, 3.63) is 15.8 Å². The highest BCUT2D eigenvalue weighted by Gasteiger charge is 2.22. The van der Waals surface area contributed by atoms with E-state index in [4.69, 9.17) is 5.73 Å². The van der Waals surface area contributed by atoms with Crippen LogP contribution in [0.1, 0.15) is 19.0 Å². The van der Waals surface area contributed by atoms with Crippen molar-refractivity contribution in [3.63, 3.8) is 0 Å². The maximum atomic E-state index is 11.0. The standard InChI is InChI=1S/C10H17N5O2S/c1-6(4-5-18-3)12-9-8(15(16)17)7(2)13-10(11)14-9/h6H,4-5H2,1-3H3,(H3,11,12,13,14). The van der Waals surface area contributed by atoms with Gasteiger partial charge >= 0.3 is 5.69 Å². The van der Waals surface area contributed by atoms with E-state index in [1.807, 2.05) is 13.2 Å². The number of nitrogens with two attached hydrogens (primary N) is 1. The number of nitro groups is 1. The van der Waals surface area contributed by atoms with Gasteiger partial charge in [-0.15, -0.1) is 0 Å². The molecular formula is C10H17N5O2S. The first kappa shape index (κ1) is 14.5. The summed E-state index contributed by atoms with van der Waals surface area (Å²) >= 11 is 1.73.